The largest absolute Gasteiger partial charge is 0.416 e. The van der Waals surface area contributed by atoms with Crippen LogP contribution in [0.5, 0.6) is 0 Å². The second-order valence-electron chi connectivity index (χ2n) is 10.1. The Morgan fingerprint density at radius 2 is 1.62 bits per heavy atom. The molecule has 4 atom stereocenters. The number of benzene rings is 2. The Morgan fingerprint density at radius 3 is 2.17 bits per heavy atom. The highest BCUT2D eigenvalue weighted by molar-refractivity contribution is 5.97. The SMILES string of the molecule is C[C@@H](O[C@H]1CN2C(=O)C=C(c3cnn(C)c3)CC2C1c1ccc(F)cc1)c1cc(C(F)(F)F)cc(C(F)(F)F)c1. The molecule has 212 valence electrons. The van der Waals surface area contributed by atoms with Crippen molar-refractivity contribution in [2.24, 2.45) is 7.05 Å². The van der Waals surface area contributed by atoms with E-state index in [0.29, 0.717) is 24.1 Å². The zero-order chi connectivity index (χ0) is 29.0. The Morgan fingerprint density at radius 1 is 1.00 bits per heavy atom. The van der Waals surface area contributed by atoms with Crippen molar-refractivity contribution >= 4 is 11.5 Å². The van der Waals surface area contributed by atoms with E-state index in [1.165, 1.54) is 25.1 Å². The Bertz CT molecular complexity index is 1410. The lowest BCUT2D eigenvalue weighted by atomic mass is 9.84. The fourth-order valence-electron chi connectivity index (χ4n) is 5.48. The fourth-order valence-corrected chi connectivity index (χ4v) is 5.48. The summed E-state index contributed by atoms with van der Waals surface area (Å²) in [5.74, 6) is -1.32. The van der Waals surface area contributed by atoms with Crippen LogP contribution in [0.4, 0.5) is 30.7 Å². The summed E-state index contributed by atoms with van der Waals surface area (Å²) in [6.07, 6.45) is -6.70. The van der Waals surface area contributed by atoms with Crippen LogP contribution in [0, 0.1) is 5.82 Å². The molecule has 40 heavy (non-hydrogen) atoms. The van der Waals surface area contributed by atoms with Gasteiger partial charge >= 0.3 is 12.4 Å². The monoisotopic (exact) mass is 567 g/mol. The number of hydrogen-bond donors (Lipinski definition) is 0. The van der Waals surface area contributed by atoms with Crippen LogP contribution in [-0.4, -0.2) is 39.3 Å². The Hall–Kier alpha value is -3.67. The molecule has 2 unspecified atom stereocenters. The molecule has 3 heterocycles. The molecule has 0 saturated carbocycles. The molecule has 12 heteroatoms. The summed E-state index contributed by atoms with van der Waals surface area (Å²) >= 11 is 0. The van der Waals surface area contributed by atoms with Gasteiger partial charge in [0.2, 0.25) is 5.91 Å². The predicted octanol–water partition coefficient (Wildman–Crippen LogP) is 6.52. The van der Waals surface area contributed by atoms with E-state index in [4.69, 9.17) is 4.74 Å². The number of halogens is 7. The Balaban J connectivity index is 1.49. The van der Waals surface area contributed by atoms with Crippen molar-refractivity contribution < 1.29 is 40.3 Å². The van der Waals surface area contributed by atoms with Crippen molar-refractivity contribution in [1.29, 1.82) is 0 Å². The number of rotatable bonds is 5. The first-order valence-electron chi connectivity index (χ1n) is 12.4. The number of nitrogens with zero attached hydrogens (tertiary/aromatic N) is 3. The van der Waals surface area contributed by atoms with Gasteiger partial charge in [-0.3, -0.25) is 9.48 Å². The number of alkyl halides is 6. The normalized spacial score (nSPS) is 22.3. The number of fused-ring (bicyclic) bond motifs is 1. The molecule has 0 radical (unpaired) electrons. The average molecular weight is 568 g/mol. The maximum Gasteiger partial charge on any atom is 0.416 e. The van der Waals surface area contributed by atoms with Crippen molar-refractivity contribution in [1.82, 2.24) is 14.7 Å². The summed E-state index contributed by atoms with van der Waals surface area (Å²) in [6.45, 7) is 1.42. The number of carbonyl (C=O) groups excluding carboxylic acids is 1. The van der Waals surface area contributed by atoms with Crippen LogP contribution in [0.1, 0.15) is 53.2 Å². The molecule has 1 saturated heterocycles. The maximum atomic E-state index is 13.8. The molecule has 1 fully saturated rings. The summed E-state index contributed by atoms with van der Waals surface area (Å²) < 4.78 is 102. The van der Waals surface area contributed by atoms with Gasteiger partial charge in [-0.05, 0) is 60.4 Å². The summed E-state index contributed by atoms with van der Waals surface area (Å²) in [7, 11) is 1.74. The minimum absolute atomic E-state index is 0.0534. The van der Waals surface area contributed by atoms with Crippen molar-refractivity contribution in [3.63, 3.8) is 0 Å². The third kappa shape index (κ3) is 5.49. The molecular formula is C28H24F7N3O2. The molecular weight excluding hydrogens is 543 g/mol. The van der Waals surface area contributed by atoms with Crippen molar-refractivity contribution in [2.75, 3.05) is 6.54 Å². The third-order valence-electron chi connectivity index (χ3n) is 7.39. The van der Waals surface area contributed by atoms with Crippen LogP contribution in [0.3, 0.4) is 0 Å². The zero-order valence-electron chi connectivity index (χ0n) is 21.3. The number of hydrogen-bond acceptors (Lipinski definition) is 3. The number of aryl methyl sites for hydroxylation is 1. The van der Waals surface area contributed by atoms with Gasteiger partial charge in [-0.1, -0.05) is 12.1 Å². The summed E-state index contributed by atoms with van der Waals surface area (Å²) in [4.78, 5) is 14.7. The lowest BCUT2D eigenvalue weighted by Gasteiger charge is -2.32. The molecule has 1 amide bonds. The first-order valence-corrected chi connectivity index (χ1v) is 12.4. The molecule has 3 aromatic rings. The van der Waals surface area contributed by atoms with Crippen LogP contribution in [-0.2, 0) is 28.9 Å². The van der Waals surface area contributed by atoms with Crippen molar-refractivity contribution in [2.45, 2.75) is 49.9 Å². The zero-order valence-corrected chi connectivity index (χ0v) is 21.3. The van der Waals surface area contributed by atoms with Gasteiger partial charge in [0.15, 0.2) is 0 Å². The standard InChI is InChI=1S/C28H24F7N3O2/c1-15(17-7-20(27(30,31)32)11-21(8-17)28(33,34)35)40-24-14-38-23(26(24)16-3-5-22(29)6-4-16)9-18(10-25(38)39)19-12-36-37(2)13-19/h3-8,10-13,15,23-24,26H,9,14H2,1-2H3/t15-,23?,24+,26?/m1/s1. The lowest BCUT2D eigenvalue weighted by molar-refractivity contribution is -0.143. The molecule has 0 aliphatic carbocycles. The minimum atomic E-state index is -5.00. The van der Waals surface area contributed by atoms with E-state index in [1.807, 2.05) is 0 Å². The van der Waals surface area contributed by atoms with E-state index >= 15 is 0 Å². The molecule has 2 aromatic carbocycles. The molecule has 0 N–H and O–H groups in total. The quantitative estimate of drug-likeness (QED) is 0.330. The number of aromatic nitrogens is 2. The van der Waals surface area contributed by atoms with Gasteiger partial charge in [0, 0.05) is 43.4 Å². The summed E-state index contributed by atoms with van der Waals surface area (Å²) in [5, 5.41) is 4.15. The highest BCUT2D eigenvalue weighted by Crippen LogP contribution is 2.45. The van der Waals surface area contributed by atoms with Gasteiger partial charge in [-0.2, -0.15) is 31.4 Å². The second kappa shape index (κ2) is 10.1. The molecule has 0 bridgehead atoms. The van der Waals surface area contributed by atoms with Crippen LogP contribution in [0.15, 0.2) is 60.9 Å². The fraction of sp³-hybridized carbons (Fsp3) is 0.357. The smallest absolute Gasteiger partial charge is 0.368 e. The van der Waals surface area contributed by atoms with Gasteiger partial charge in [-0.25, -0.2) is 4.39 Å². The highest BCUT2D eigenvalue weighted by atomic mass is 19.4. The molecule has 5 rings (SSSR count). The lowest BCUT2D eigenvalue weighted by Crippen LogP contribution is -2.39. The first kappa shape index (κ1) is 27.9. The molecule has 0 spiro atoms. The Labute approximate surface area is 224 Å². The van der Waals surface area contributed by atoms with Gasteiger partial charge in [0.1, 0.15) is 5.82 Å². The Kier molecular flexibility index (Phi) is 7.01. The number of amides is 1. The molecule has 2 aliphatic heterocycles. The molecule has 5 nitrogen and oxygen atoms in total. The third-order valence-corrected chi connectivity index (χ3v) is 7.39. The van der Waals surface area contributed by atoms with E-state index in [2.05, 4.69) is 5.10 Å². The van der Waals surface area contributed by atoms with E-state index < -0.39 is 53.5 Å². The van der Waals surface area contributed by atoms with Crippen LogP contribution in [0.25, 0.3) is 5.57 Å². The van der Waals surface area contributed by atoms with E-state index in [0.717, 1.165) is 11.1 Å². The first-order chi connectivity index (χ1) is 18.7. The van der Waals surface area contributed by atoms with Crippen LogP contribution in [0.2, 0.25) is 0 Å². The summed E-state index contributed by atoms with van der Waals surface area (Å²) in [6, 6.07) is 6.50. The predicted molar refractivity (Wildman–Crippen MR) is 130 cm³/mol. The van der Waals surface area contributed by atoms with Crippen LogP contribution < -0.4 is 0 Å². The van der Waals surface area contributed by atoms with Crippen molar-refractivity contribution in [3.8, 4) is 0 Å². The van der Waals surface area contributed by atoms with E-state index in [1.54, 1.807) is 41.2 Å². The van der Waals surface area contributed by atoms with Crippen LogP contribution >= 0.6 is 0 Å². The number of carbonyl (C=O) groups is 1. The van der Waals surface area contributed by atoms with Gasteiger partial charge in [0.05, 0.1) is 29.5 Å². The van der Waals surface area contributed by atoms with Crippen molar-refractivity contribution in [3.05, 3.63) is 94.6 Å². The highest BCUT2D eigenvalue weighted by Gasteiger charge is 2.48. The molecule has 1 aromatic heterocycles. The second-order valence-corrected chi connectivity index (χ2v) is 10.1. The van der Waals surface area contributed by atoms with Gasteiger partial charge in [0.25, 0.3) is 0 Å². The van der Waals surface area contributed by atoms with Gasteiger partial charge < -0.3 is 9.64 Å². The minimum Gasteiger partial charge on any atom is -0.368 e. The summed E-state index contributed by atoms with van der Waals surface area (Å²) in [5.41, 5.74) is -1.07. The van der Waals surface area contributed by atoms with E-state index in [-0.39, 0.29) is 24.1 Å². The average Bonchev–Trinajstić information content (AvgIpc) is 3.47. The maximum absolute atomic E-state index is 13.8. The molecule has 2 aliphatic rings. The topological polar surface area (TPSA) is 47.4 Å². The van der Waals surface area contributed by atoms with E-state index in [9.17, 15) is 35.5 Å². The number of ether oxygens (including phenoxy) is 1. The van der Waals surface area contributed by atoms with Gasteiger partial charge in [-0.15, -0.1) is 0 Å².